The molecule has 3 rings (SSSR count). The van der Waals surface area contributed by atoms with Crippen LogP contribution in [0.15, 0.2) is 12.1 Å². The molecule has 0 spiro atoms. The summed E-state index contributed by atoms with van der Waals surface area (Å²) in [7, 11) is 0. The zero-order valence-electron chi connectivity index (χ0n) is 11.1. The molecule has 1 fully saturated rings. The Balaban J connectivity index is 2.05. The second-order valence-corrected chi connectivity index (χ2v) is 5.65. The van der Waals surface area contributed by atoms with E-state index in [1.807, 2.05) is 0 Å². The third-order valence-corrected chi connectivity index (χ3v) is 4.54. The molecule has 1 aromatic rings. The van der Waals surface area contributed by atoms with Gasteiger partial charge in [0.25, 0.3) is 0 Å². The van der Waals surface area contributed by atoms with E-state index in [2.05, 4.69) is 5.32 Å². The number of benzene rings is 1. The Hall–Kier alpha value is -1.91. The highest BCUT2D eigenvalue weighted by Gasteiger charge is 2.40. The number of carboxylic acid groups (broad SMARTS) is 1. The molecule has 1 aromatic carbocycles. The van der Waals surface area contributed by atoms with Crippen molar-refractivity contribution in [3.05, 3.63) is 29.1 Å². The number of carbonyl (C=O) groups is 2. The summed E-state index contributed by atoms with van der Waals surface area (Å²) in [5.41, 5.74) is 1.37. The van der Waals surface area contributed by atoms with Gasteiger partial charge in [0.05, 0.1) is 5.69 Å². The molecule has 1 unspecified atom stereocenters. The number of carbonyl (C=O) groups excluding carboxylic acids is 1. The predicted molar refractivity (Wildman–Crippen MR) is 71.2 cm³/mol. The quantitative estimate of drug-likeness (QED) is 0.817. The molecule has 1 amide bonds. The van der Waals surface area contributed by atoms with Gasteiger partial charge in [-0.2, -0.15) is 0 Å². The Morgan fingerprint density at radius 1 is 1.35 bits per heavy atom. The van der Waals surface area contributed by atoms with E-state index < -0.39 is 29.5 Å². The van der Waals surface area contributed by atoms with E-state index >= 15 is 0 Å². The van der Waals surface area contributed by atoms with Crippen molar-refractivity contribution in [3.63, 3.8) is 0 Å². The van der Waals surface area contributed by atoms with Gasteiger partial charge < -0.3 is 10.4 Å². The molecule has 0 aromatic heterocycles. The van der Waals surface area contributed by atoms with Gasteiger partial charge in [0.15, 0.2) is 0 Å². The van der Waals surface area contributed by atoms with Crippen LogP contribution in [-0.4, -0.2) is 17.0 Å². The van der Waals surface area contributed by atoms with Crippen molar-refractivity contribution < 1.29 is 19.1 Å². The SMILES string of the molecule is CC1c2ccc(C3CCC3)c(F)c2NC(=O)[C@@H]1C(=O)O. The monoisotopic (exact) mass is 277 g/mol. The molecule has 1 heterocycles. The summed E-state index contributed by atoms with van der Waals surface area (Å²) in [6.45, 7) is 1.65. The maximum Gasteiger partial charge on any atom is 0.316 e. The van der Waals surface area contributed by atoms with Gasteiger partial charge in [-0.05, 0) is 29.9 Å². The molecule has 1 aliphatic carbocycles. The minimum atomic E-state index is -1.18. The Morgan fingerprint density at radius 3 is 2.55 bits per heavy atom. The molecule has 5 heteroatoms. The lowest BCUT2D eigenvalue weighted by molar-refractivity contribution is -0.146. The van der Waals surface area contributed by atoms with Crippen LogP contribution in [0, 0.1) is 11.7 Å². The third-order valence-electron chi connectivity index (χ3n) is 4.54. The van der Waals surface area contributed by atoms with Crippen molar-refractivity contribution in [3.8, 4) is 0 Å². The summed E-state index contributed by atoms with van der Waals surface area (Å²) < 4.78 is 14.5. The molecule has 4 nitrogen and oxygen atoms in total. The van der Waals surface area contributed by atoms with Gasteiger partial charge in [0.2, 0.25) is 5.91 Å². The van der Waals surface area contributed by atoms with Crippen LogP contribution in [0.3, 0.4) is 0 Å². The van der Waals surface area contributed by atoms with Gasteiger partial charge in [0.1, 0.15) is 11.7 Å². The van der Waals surface area contributed by atoms with Crippen LogP contribution in [0.4, 0.5) is 10.1 Å². The summed E-state index contributed by atoms with van der Waals surface area (Å²) in [6, 6.07) is 3.50. The van der Waals surface area contributed by atoms with Crippen LogP contribution in [0.25, 0.3) is 0 Å². The molecule has 2 N–H and O–H groups in total. The van der Waals surface area contributed by atoms with Gasteiger partial charge >= 0.3 is 5.97 Å². The number of fused-ring (bicyclic) bond motifs is 1. The Bertz CT molecular complexity index is 595. The van der Waals surface area contributed by atoms with Crippen LogP contribution in [0.2, 0.25) is 0 Å². The summed E-state index contributed by atoms with van der Waals surface area (Å²) in [5, 5.41) is 11.5. The van der Waals surface area contributed by atoms with Crippen LogP contribution in [0.5, 0.6) is 0 Å². The Kier molecular flexibility index (Phi) is 3.00. The normalized spacial score (nSPS) is 25.6. The fourth-order valence-corrected chi connectivity index (χ4v) is 3.08. The summed E-state index contributed by atoms with van der Waals surface area (Å²) in [4.78, 5) is 23.0. The number of aliphatic carboxylic acids is 1. The fraction of sp³-hybridized carbons (Fsp3) is 0.467. The lowest BCUT2D eigenvalue weighted by Crippen LogP contribution is -2.38. The van der Waals surface area contributed by atoms with E-state index in [1.165, 1.54) is 0 Å². The number of amides is 1. The number of rotatable bonds is 2. The molecular formula is C15H16FNO3. The summed E-state index contributed by atoms with van der Waals surface area (Å²) >= 11 is 0. The second kappa shape index (κ2) is 4.58. The zero-order chi connectivity index (χ0) is 14.4. The highest BCUT2D eigenvalue weighted by Crippen LogP contribution is 2.43. The van der Waals surface area contributed by atoms with Crippen LogP contribution < -0.4 is 5.32 Å². The van der Waals surface area contributed by atoms with E-state index in [1.54, 1.807) is 19.1 Å². The predicted octanol–water partition coefficient (Wildman–Crippen LogP) is 2.85. The van der Waals surface area contributed by atoms with E-state index in [0.29, 0.717) is 11.1 Å². The van der Waals surface area contributed by atoms with E-state index in [0.717, 1.165) is 19.3 Å². The zero-order valence-corrected chi connectivity index (χ0v) is 11.1. The summed E-state index contributed by atoms with van der Waals surface area (Å²) in [6.07, 6.45) is 3.04. The number of anilines is 1. The smallest absolute Gasteiger partial charge is 0.316 e. The molecule has 20 heavy (non-hydrogen) atoms. The second-order valence-electron chi connectivity index (χ2n) is 5.65. The molecular weight excluding hydrogens is 261 g/mol. The van der Waals surface area contributed by atoms with Gasteiger partial charge in [-0.3, -0.25) is 9.59 Å². The molecule has 0 radical (unpaired) electrons. The van der Waals surface area contributed by atoms with Crippen molar-refractivity contribution in [2.24, 2.45) is 5.92 Å². The average Bonchev–Trinajstić information content (AvgIpc) is 2.30. The van der Waals surface area contributed by atoms with Gasteiger partial charge in [-0.15, -0.1) is 0 Å². The van der Waals surface area contributed by atoms with E-state index in [9.17, 15) is 14.0 Å². The topological polar surface area (TPSA) is 66.4 Å². The number of hydrogen-bond acceptors (Lipinski definition) is 2. The first-order valence-corrected chi connectivity index (χ1v) is 6.86. The lowest BCUT2D eigenvalue weighted by atomic mass is 9.77. The highest BCUT2D eigenvalue weighted by atomic mass is 19.1. The minimum Gasteiger partial charge on any atom is -0.481 e. The van der Waals surface area contributed by atoms with Crippen molar-refractivity contribution in [2.75, 3.05) is 5.32 Å². The fourth-order valence-electron chi connectivity index (χ4n) is 3.08. The summed E-state index contributed by atoms with van der Waals surface area (Å²) in [5.74, 6) is -3.66. The molecule has 106 valence electrons. The lowest BCUT2D eigenvalue weighted by Gasteiger charge is -2.32. The van der Waals surface area contributed by atoms with Crippen molar-refractivity contribution in [2.45, 2.75) is 38.0 Å². The largest absolute Gasteiger partial charge is 0.481 e. The number of nitrogens with one attached hydrogen (secondary N) is 1. The third kappa shape index (κ3) is 1.80. The molecule has 0 bridgehead atoms. The molecule has 2 atom stereocenters. The first kappa shape index (κ1) is 13.1. The molecule has 2 aliphatic rings. The number of carboxylic acids is 1. The van der Waals surface area contributed by atoms with E-state index in [-0.39, 0.29) is 11.6 Å². The van der Waals surface area contributed by atoms with Crippen molar-refractivity contribution in [1.29, 1.82) is 0 Å². The first-order chi connectivity index (χ1) is 9.50. The maximum atomic E-state index is 14.5. The molecule has 1 saturated carbocycles. The number of halogens is 1. The van der Waals surface area contributed by atoms with E-state index in [4.69, 9.17) is 5.11 Å². The molecule has 1 aliphatic heterocycles. The van der Waals surface area contributed by atoms with Crippen molar-refractivity contribution >= 4 is 17.6 Å². The first-order valence-electron chi connectivity index (χ1n) is 6.86. The minimum absolute atomic E-state index is 0.171. The standard InChI is InChI=1S/C15H16FNO3/c1-7-9-5-6-10(8-3-2-4-8)12(16)13(9)17-14(18)11(7)15(19)20/h5-8,11H,2-4H2,1H3,(H,17,18)(H,19,20)/t7?,11-/m1/s1. The van der Waals surface area contributed by atoms with Crippen LogP contribution in [0.1, 0.15) is 49.1 Å². The highest BCUT2D eigenvalue weighted by molar-refractivity contribution is 6.07. The molecule has 0 saturated heterocycles. The Labute approximate surface area is 116 Å². The van der Waals surface area contributed by atoms with Crippen molar-refractivity contribution in [1.82, 2.24) is 0 Å². The van der Waals surface area contributed by atoms with Crippen LogP contribution >= 0.6 is 0 Å². The van der Waals surface area contributed by atoms with Gasteiger partial charge in [-0.1, -0.05) is 25.5 Å². The number of hydrogen-bond donors (Lipinski definition) is 2. The van der Waals surface area contributed by atoms with Gasteiger partial charge in [0, 0.05) is 5.92 Å². The van der Waals surface area contributed by atoms with Gasteiger partial charge in [-0.25, -0.2) is 4.39 Å². The maximum absolute atomic E-state index is 14.5. The average molecular weight is 277 g/mol. The van der Waals surface area contributed by atoms with Crippen LogP contribution in [-0.2, 0) is 9.59 Å². The Morgan fingerprint density at radius 2 is 2.00 bits per heavy atom.